The van der Waals surface area contributed by atoms with Crippen LogP contribution in [0.5, 0.6) is 0 Å². The molecule has 5 aromatic rings. The summed E-state index contributed by atoms with van der Waals surface area (Å²) in [7, 11) is 1.96. The highest BCUT2D eigenvalue weighted by Crippen LogP contribution is 2.34. The molecule has 4 nitrogen and oxygen atoms in total. The number of hydrogen-bond donors (Lipinski definition) is 4. The molecule has 2 heterocycles. The van der Waals surface area contributed by atoms with Crippen molar-refractivity contribution in [2.75, 3.05) is 25.5 Å². The van der Waals surface area contributed by atoms with Crippen LogP contribution >= 0.6 is 0 Å². The van der Waals surface area contributed by atoms with E-state index in [0.717, 1.165) is 24.4 Å². The van der Waals surface area contributed by atoms with E-state index >= 15 is 0 Å². The second kappa shape index (κ2) is 6.49. The SMILES string of the molecule is CNCCNc1cc2cc(-c3cccc4c3[nH]c3ccccc34)ccc2[nH]1. The van der Waals surface area contributed by atoms with Gasteiger partial charge in [-0.05, 0) is 36.9 Å². The number of aromatic nitrogens is 2. The molecule has 0 spiro atoms. The first-order valence-electron chi connectivity index (χ1n) is 9.34. The number of fused-ring (bicyclic) bond motifs is 4. The number of likely N-dealkylation sites (N-methyl/N-ethyl adjacent to an activating group) is 1. The summed E-state index contributed by atoms with van der Waals surface area (Å²) in [5.41, 5.74) is 5.98. The van der Waals surface area contributed by atoms with Gasteiger partial charge in [0.15, 0.2) is 0 Å². The van der Waals surface area contributed by atoms with Gasteiger partial charge in [-0.1, -0.05) is 42.5 Å². The topological polar surface area (TPSA) is 55.6 Å². The maximum Gasteiger partial charge on any atom is 0.104 e. The normalized spacial score (nSPS) is 11.6. The second-order valence-corrected chi connectivity index (χ2v) is 6.91. The van der Waals surface area contributed by atoms with Gasteiger partial charge in [0.2, 0.25) is 0 Å². The van der Waals surface area contributed by atoms with Crippen LogP contribution in [0.1, 0.15) is 0 Å². The maximum absolute atomic E-state index is 3.61. The molecule has 0 saturated carbocycles. The maximum atomic E-state index is 3.61. The molecule has 0 aliphatic heterocycles. The molecule has 0 bridgehead atoms. The van der Waals surface area contributed by atoms with Gasteiger partial charge in [0.25, 0.3) is 0 Å². The molecule has 0 aliphatic rings. The standard InChI is InChI=1S/C23H22N4/c1-24-11-12-25-22-14-16-13-15(9-10-20(16)26-22)17-6-4-7-19-18-5-2-3-8-21(18)27-23(17)19/h2-10,13-14,24-27H,11-12H2,1H3. The average Bonchev–Trinajstić information content (AvgIpc) is 3.28. The molecular formula is C23H22N4. The Kier molecular flexibility index (Phi) is 3.84. The molecule has 0 atom stereocenters. The average molecular weight is 354 g/mol. The Labute approximate surface area is 157 Å². The lowest BCUT2D eigenvalue weighted by molar-refractivity contribution is 0.822. The number of hydrogen-bond acceptors (Lipinski definition) is 2. The highest BCUT2D eigenvalue weighted by Gasteiger charge is 2.10. The Hall–Kier alpha value is -3.24. The van der Waals surface area contributed by atoms with Crippen LogP contribution in [0.3, 0.4) is 0 Å². The van der Waals surface area contributed by atoms with Crippen molar-refractivity contribution in [1.29, 1.82) is 0 Å². The van der Waals surface area contributed by atoms with Gasteiger partial charge in [0.05, 0.1) is 5.52 Å². The third-order valence-electron chi connectivity index (χ3n) is 5.16. The van der Waals surface area contributed by atoms with Crippen molar-refractivity contribution in [2.45, 2.75) is 0 Å². The van der Waals surface area contributed by atoms with E-state index in [-0.39, 0.29) is 0 Å². The van der Waals surface area contributed by atoms with E-state index in [4.69, 9.17) is 0 Å². The molecule has 0 aliphatic carbocycles. The zero-order valence-electron chi connectivity index (χ0n) is 15.3. The molecule has 4 N–H and O–H groups in total. The molecule has 4 heteroatoms. The highest BCUT2D eigenvalue weighted by molar-refractivity contribution is 6.12. The van der Waals surface area contributed by atoms with E-state index < -0.39 is 0 Å². The fourth-order valence-electron chi connectivity index (χ4n) is 3.83. The van der Waals surface area contributed by atoms with Crippen molar-refractivity contribution in [3.05, 3.63) is 66.7 Å². The number of rotatable bonds is 5. The fraction of sp³-hybridized carbons (Fsp3) is 0.130. The largest absolute Gasteiger partial charge is 0.370 e. The zero-order chi connectivity index (χ0) is 18.2. The molecule has 0 amide bonds. The van der Waals surface area contributed by atoms with Crippen LogP contribution in [0.25, 0.3) is 43.8 Å². The molecule has 2 aromatic heterocycles. The predicted octanol–water partition coefficient (Wildman–Crippen LogP) is 5.10. The first-order valence-corrected chi connectivity index (χ1v) is 9.34. The molecular weight excluding hydrogens is 332 g/mol. The van der Waals surface area contributed by atoms with E-state index in [1.807, 2.05) is 7.05 Å². The molecule has 0 fully saturated rings. The van der Waals surface area contributed by atoms with Crippen molar-refractivity contribution in [2.24, 2.45) is 0 Å². The van der Waals surface area contributed by atoms with Crippen molar-refractivity contribution in [1.82, 2.24) is 15.3 Å². The van der Waals surface area contributed by atoms with Gasteiger partial charge in [-0.25, -0.2) is 0 Å². The van der Waals surface area contributed by atoms with Gasteiger partial charge >= 0.3 is 0 Å². The minimum atomic E-state index is 0.893. The number of nitrogens with one attached hydrogen (secondary N) is 4. The van der Waals surface area contributed by atoms with Crippen molar-refractivity contribution < 1.29 is 0 Å². The summed E-state index contributed by atoms with van der Waals surface area (Å²) < 4.78 is 0. The number of benzene rings is 3. The quantitative estimate of drug-likeness (QED) is 0.332. The Morgan fingerprint density at radius 1 is 0.778 bits per heavy atom. The van der Waals surface area contributed by atoms with Crippen LogP contribution in [0, 0.1) is 0 Å². The molecule has 5 rings (SSSR count). The lowest BCUT2D eigenvalue weighted by Gasteiger charge is -2.04. The Balaban J connectivity index is 1.60. The van der Waals surface area contributed by atoms with Gasteiger partial charge in [-0.3, -0.25) is 0 Å². The molecule has 27 heavy (non-hydrogen) atoms. The second-order valence-electron chi connectivity index (χ2n) is 6.91. The summed E-state index contributed by atoms with van der Waals surface area (Å²) >= 11 is 0. The van der Waals surface area contributed by atoms with Crippen molar-refractivity contribution in [3.63, 3.8) is 0 Å². The summed E-state index contributed by atoms with van der Waals surface area (Å²) in [5.74, 6) is 1.06. The van der Waals surface area contributed by atoms with E-state index in [0.29, 0.717) is 0 Å². The van der Waals surface area contributed by atoms with Crippen LogP contribution in [-0.2, 0) is 0 Å². The Morgan fingerprint density at radius 2 is 1.67 bits per heavy atom. The van der Waals surface area contributed by atoms with E-state index in [1.165, 1.54) is 38.3 Å². The molecule has 0 saturated heterocycles. The van der Waals surface area contributed by atoms with Gasteiger partial charge in [0, 0.05) is 45.8 Å². The summed E-state index contributed by atoms with van der Waals surface area (Å²) in [6, 6.07) is 23.8. The zero-order valence-corrected chi connectivity index (χ0v) is 15.3. The monoisotopic (exact) mass is 354 g/mol. The van der Waals surface area contributed by atoms with Crippen LogP contribution in [0.2, 0.25) is 0 Å². The molecule has 0 radical (unpaired) electrons. The van der Waals surface area contributed by atoms with Gasteiger partial charge < -0.3 is 20.6 Å². The van der Waals surface area contributed by atoms with E-state index in [9.17, 15) is 0 Å². The predicted molar refractivity (Wildman–Crippen MR) is 116 cm³/mol. The minimum Gasteiger partial charge on any atom is -0.370 e. The van der Waals surface area contributed by atoms with Crippen molar-refractivity contribution >= 4 is 38.5 Å². The van der Waals surface area contributed by atoms with Gasteiger partial charge in [0.1, 0.15) is 5.82 Å². The summed E-state index contributed by atoms with van der Waals surface area (Å²) in [4.78, 5) is 7.05. The van der Waals surface area contributed by atoms with E-state index in [2.05, 4.69) is 87.3 Å². The highest BCUT2D eigenvalue weighted by atomic mass is 15.0. The lowest BCUT2D eigenvalue weighted by Crippen LogP contribution is -2.17. The third-order valence-corrected chi connectivity index (χ3v) is 5.16. The first-order chi connectivity index (χ1) is 13.3. The Bertz CT molecular complexity index is 1250. The smallest absolute Gasteiger partial charge is 0.104 e. The Morgan fingerprint density at radius 3 is 2.59 bits per heavy atom. The van der Waals surface area contributed by atoms with Crippen LogP contribution in [0.15, 0.2) is 66.7 Å². The number of H-pyrrole nitrogens is 2. The summed E-state index contributed by atoms with van der Waals surface area (Å²) in [5, 5.41) is 10.3. The third kappa shape index (κ3) is 2.75. The summed E-state index contributed by atoms with van der Waals surface area (Å²) in [6.45, 7) is 1.83. The molecule has 134 valence electrons. The summed E-state index contributed by atoms with van der Waals surface area (Å²) in [6.07, 6.45) is 0. The molecule has 0 unspecified atom stereocenters. The number of para-hydroxylation sites is 2. The first kappa shape index (κ1) is 16.0. The molecule has 3 aromatic carbocycles. The van der Waals surface area contributed by atoms with Crippen LogP contribution in [-0.4, -0.2) is 30.1 Å². The number of aromatic amines is 2. The van der Waals surface area contributed by atoms with Gasteiger partial charge in [-0.15, -0.1) is 0 Å². The van der Waals surface area contributed by atoms with Crippen LogP contribution in [0.4, 0.5) is 5.82 Å². The van der Waals surface area contributed by atoms with E-state index in [1.54, 1.807) is 0 Å². The number of anilines is 1. The van der Waals surface area contributed by atoms with Gasteiger partial charge in [-0.2, -0.15) is 0 Å². The minimum absolute atomic E-state index is 0.893. The lowest BCUT2D eigenvalue weighted by atomic mass is 10.0. The van der Waals surface area contributed by atoms with Crippen molar-refractivity contribution in [3.8, 4) is 11.1 Å². The van der Waals surface area contributed by atoms with Crippen LogP contribution < -0.4 is 10.6 Å². The fourth-order valence-corrected chi connectivity index (χ4v) is 3.83.